The smallest absolute Gasteiger partial charge is 0.0898 e. The molecule has 1 atom stereocenters. The number of halogens is 1. The van der Waals surface area contributed by atoms with E-state index in [1.807, 2.05) is 10.9 Å². The van der Waals surface area contributed by atoms with Gasteiger partial charge in [0.05, 0.1) is 24.9 Å². The van der Waals surface area contributed by atoms with Gasteiger partial charge in [-0.1, -0.05) is 5.21 Å². The van der Waals surface area contributed by atoms with Gasteiger partial charge in [0.2, 0.25) is 0 Å². The fourth-order valence-electron chi connectivity index (χ4n) is 2.32. The molecule has 5 nitrogen and oxygen atoms in total. The zero-order valence-electron chi connectivity index (χ0n) is 11.8. The third-order valence-corrected chi connectivity index (χ3v) is 3.71. The maximum absolute atomic E-state index is 5.80. The number of morpholine rings is 1. The average Bonchev–Trinajstić information content (AvgIpc) is 2.84. The van der Waals surface area contributed by atoms with Crippen molar-refractivity contribution in [1.82, 2.24) is 19.9 Å². The number of hydrogen-bond acceptors (Lipinski definition) is 4. The molecule has 1 unspecified atom stereocenters. The highest BCUT2D eigenvalue weighted by atomic mass is 35.5. The van der Waals surface area contributed by atoms with E-state index >= 15 is 0 Å². The summed E-state index contributed by atoms with van der Waals surface area (Å²) < 4.78 is 7.69. The molecule has 1 aromatic heterocycles. The summed E-state index contributed by atoms with van der Waals surface area (Å²) >= 11 is 5.68. The fourth-order valence-corrected chi connectivity index (χ4v) is 2.45. The lowest BCUT2D eigenvalue weighted by atomic mass is 10.2. The van der Waals surface area contributed by atoms with E-state index in [1.54, 1.807) is 0 Å². The van der Waals surface area contributed by atoms with Gasteiger partial charge < -0.3 is 4.74 Å². The summed E-state index contributed by atoms with van der Waals surface area (Å²) in [5.41, 5.74) is 1.01. The van der Waals surface area contributed by atoms with Crippen LogP contribution in [0, 0.1) is 0 Å². The first-order chi connectivity index (χ1) is 9.19. The summed E-state index contributed by atoms with van der Waals surface area (Å²) in [5.74, 6) is 0.669. The van der Waals surface area contributed by atoms with E-state index in [0.717, 1.165) is 44.8 Å². The molecule has 0 aromatic carbocycles. The number of rotatable bonds is 6. The van der Waals surface area contributed by atoms with Gasteiger partial charge in [0.25, 0.3) is 0 Å². The minimum absolute atomic E-state index is 0.207. The molecule has 108 valence electrons. The molecule has 1 aliphatic rings. The Kier molecular flexibility index (Phi) is 5.60. The maximum atomic E-state index is 5.80. The quantitative estimate of drug-likeness (QED) is 0.745. The Balaban J connectivity index is 1.84. The van der Waals surface area contributed by atoms with E-state index in [-0.39, 0.29) is 6.10 Å². The van der Waals surface area contributed by atoms with Gasteiger partial charge in [-0.25, -0.2) is 4.68 Å². The van der Waals surface area contributed by atoms with Crippen LogP contribution in [-0.2, 0) is 17.7 Å². The van der Waals surface area contributed by atoms with E-state index in [4.69, 9.17) is 16.3 Å². The zero-order valence-corrected chi connectivity index (χ0v) is 12.5. The summed E-state index contributed by atoms with van der Waals surface area (Å²) in [6.45, 7) is 8.01. The van der Waals surface area contributed by atoms with E-state index in [0.29, 0.717) is 11.9 Å². The van der Waals surface area contributed by atoms with Gasteiger partial charge in [-0.3, -0.25) is 4.90 Å². The predicted octanol–water partition coefficient (Wildman–Crippen LogP) is 1.56. The Morgan fingerprint density at radius 2 is 2.37 bits per heavy atom. The Hall–Kier alpha value is -0.650. The number of alkyl halides is 1. The van der Waals surface area contributed by atoms with Crippen molar-refractivity contribution >= 4 is 11.6 Å². The molecular formula is C13H23ClN4O. The molecule has 0 spiro atoms. The molecule has 6 heteroatoms. The molecule has 0 saturated carbocycles. The SMILES string of the molecule is CC(C)N1CCOC(Cn2cc(CCCCl)nn2)C1. The Labute approximate surface area is 119 Å². The number of ether oxygens (including phenoxy) is 1. The van der Waals surface area contributed by atoms with Crippen LogP contribution in [-0.4, -0.2) is 57.6 Å². The maximum Gasteiger partial charge on any atom is 0.0898 e. The van der Waals surface area contributed by atoms with Crippen molar-refractivity contribution in [2.75, 3.05) is 25.6 Å². The molecule has 0 amide bonds. The first-order valence-corrected chi connectivity index (χ1v) is 7.53. The predicted molar refractivity (Wildman–Crippen MR) is 75.5 cm³/mol. The summed E-state index contributed by atoms with van der Waals surface area (Å²) in [6, 6.07) is 0.571. The Bertz CT molecular complexity index is 382. The number of nitrogens with zero attached hydrogens (tertiary/aromatic N) is 4. The second-order valence-corrected chi connectivity index (χ2v) is 5.68. The van der Waals surface area contributed by atoms with Crippen LogP contribution >= 0.6 is 11.6 Å². The summed E-state index contributed by atoms with van der Waals surface area (Å²) in [5, 5.41) is 8.32. The summed E-state index contributed by atoms with van der Waals surface area (Å²) in [4.78, 5) is 2.44. The average molecular weight is 287 g/mol. The molecule has 1 aliphatic heterocycles. The number of aryl methyl sites for hydroxylation is 1. The van der Waals surface area contributed by atoms with Gasteiger partial charge in [-0.05, 0) is 26.7 Å². The monoisotopic (exact) mass is 286 g/mol. The van der Waals surface area contributed by atoms with E-state index in [9.17, 15) is 0 Å². The molecule has 1 fully saturated rings. The zero-order chi connectivity index (χ0) is 13.7. The van der Waals surface area contributed by atoms with Crippen LogP contribution in [0.1, 0.15) is 26.0 Å². The van der Waals surface area contributed by atoms with Crippen LogP contribution in [0.25, 0.3) is 0 Å². The van der Waals surface area contributed by atoms with E-state index in [1.165, 1.54) is 0 Å². The van der Waals surface area contributed by atoms with Gasteiger partial charge in [-0.15, -0.1) is 16.7 Å². The molecule has 0 aliphatic carbocycles. The van der Waals surface area contributed by atoms with Crippen molar-refractivity contribution in [3.8, 4) is 0 Å². The summed E-state index contributed by atoms with van der Waals surface area (Å²) in [7, 11) is 0. The van der Waals surface area contributed by atoms with E-state index in [2.05, 4.69) is 29.1 Å². The standard InChI is InChI=1S/C13H23ClN4O/c1-11(2)17-6-7-19-13(9-17)10-18-8-12(15-16-18)4-3-5-14/h8,11,13H,3-7,9-10H2,1-2H3. The van der Waals surface area contributed by atoms with Gasteiger partial charge >= 0.3 is 0 Å². The van der Waals surface area contributed by atoms with Crippen molar-refractivity contribution in [1.29, 1.82) is 0 Å². The van der Waals surface area contributed by atoms with Crippen molar-refractivity contribution < 1.29 is 4.74 Å². The second kappa shape index (κ2) is 7.22. The number of aromatic nitrogens is 3. The fraction of sp³-hybridized carbons (Fsp3) is 0.846. The van der Waals surface area contributed by atoms with Gasteiger partial charge in [-0.2, -0.15) is 0 Å². The van der Waals surface area contributed by atoms with Crippen LogP contribution in [0.4, 0.5) is 0 Å². The largest absolute Gasteiger partial charge is 0.374 e. The molecule has 1 aromatic rings. The third kappa shape index (κ3) is 4.44. The normalized spacial score (nSPS) is 21.2. The van der Waals surface area contributed by atoms with E-state index < -0.39 is 0 Å². The topological polar surface area (TPSA) is 43.2 Å². The lowest BCUT2D eigenvalue weighted by Crippen LogP contribution is -2.47. The van der Waals surface area contributed by atoms with Gasteiger partial charge in [0, 0.05) is 31.2 Å². The van der Waals surface area contributed by atoms with Crippen LogP contribution in [0.3, 0.4) is 0 Å². The minimum atomic E-state index is 0.207. The van der Waals surface area contributed by atoms with Gasteiger partial charge in [0.1, 0.15) is 0 Å². The van der Waals surface area contributed by atoms with Crippen LogP contribution in [0.5, 0.6) is 0 Å². The molecule has 0 bridgehead atoms. The Morgan fingerprint density at radius 1 is 1.53 bits per heavy atom. The highest BCUT2D eigenvalue weighted by molar-refractivity contribution is 6.17. The van der Waals surface area contributed by atoms with Crippen molar-refractivity contribution in [3.63, 3.8) is 0 Å². The van der Waals surface area contributed by atoms with Crippen molar-refractivity contribution in [3.05, 3.63) is 11.9 Å². The first-order valence-electron chi connectivity index (χ1n) is 6.99. The molecule has 2 heterocycles. The second-order valence-electron chi connectivity index (χ2n) is 5.31. The lowest BCUT2D eigenvalue weighted by Gasteiger charge is -2.35. The molecule has 19 heavy (non-hydrogen) atoms. The highest BCUT2D eigenvalue weighted by Gasteiger charge is 2.22. The van der Waals surface area contributed by atoms with Crippen molar-refractivity contribution in [2.24, 2.45) is 0 Å². The minimum Gasteiger partial charge on any atom is -0.374 e. The highest BCUT2D eigenvalue weighted by Crippen LogP contribution is 2.10. The molecule has 2 rings (SSSR count). The molecule has 0 radical (unpaired) electrons. The number of hydrogen-bond donors (Lipinski definition) is 0. The van der Waals surface area contributed by atoms with Gasteiger partial charge in [0.15, 0.2) is 0 Å². The van der Waals surface area contributed by atoms with Crippen molar-refractivity contribution in [2.45, 2.75) is 45.4 Å². The summed E-state index contributed by atoms with van der Waals surface area (Å²) in [6.07, 6.45) is 4.05. The molecular weight excluding hydrogens is 264 g/mol. The van der Waals surface area contributed by atoms with Crippen LogP contribution in [0.15, 0.2) is 6.20 Å². The Morgan fingerprint density at radius 3 is 3.11 bits per heavy atom. The molecule has 1 saturated heterocycles. The molecule has 0 N–H and O–H groups in total. The first kappa shape index (κ1) is 14.8. The third-order valence-electron chi connectivity index (χ3n) is 3.44. The van der Waals surface area contributed by atoms with Crippen LogP contribution in [0.2, 0.25) is 0 Å². The van der Waals surface area contributed by atoms with Crippen LogP contribution < -0.4 is 0 Å². The lowest BCUT2D eigenvalue weighted by molar-refractivity contribution is -0.0471.